The number of hydrogen-bond donors (Lipinski definition) is 2. The highest BCUT2D eigenvalue weighted by atomic mass is 16.5. The molecule has 1 aromatic carbocycles. The van der Waals surface area contributed by atoms with Gasteiger partial charge in [-0.2, -0.15) is 0 Å². The first kappa shape index (κ1) is 21.1. The summed E-state index contributed by atoms with van der Waals surface area (Å²) >= 11 is 0. The molecule has 32 heavy (non-hydrogen) atoms. The van der Waals surface area contributed by atoms with Gasteiger partial charge in [0.25, 0.3) is 0 Å². The standard InChI is InChI=1S/C23H25N7O2/c1-3-24-23(27-16-21-29-28-20-9-4-5-12-30(20)21)26-15-17-10-11-22(25-14-17)32-19-8-6-7-18(13-19)31-2/h4-14H,3,15-16H2,1-2H3,(H2,24,26,27). The lowest BCUT2D eigenvalue weighted by Crippen LogP contribution is -2.37. The molecule has 0 unspecified atom stereocenters. The molecule has 0 aliphatic carbocycles. The van der Waals surface area contributed by atoms with Crippen LogP contribution in [0.3, 0.4) is 0 Å². The first-order valence-corrected chi connectivity index (χ1v) is 10.3. The Morgan fingerprint density at radius 3 is 2.75 bits per heavy atom. The van der Waals surface area contributed by atoms with Crippen LogP contribution in [0.25, 0.3) is 5.65 Å². The van der Waals surface area contributed by atoms with Gasteiger partial charge in [-0.05, 0) is 36.8 Å². The third kappa shape index (κ3) is 5.31. The van der Waals surface area contributed by atoms with Crippen molar-refractivity contribution in [2.45, 2.75) is 20.0 Å². The zero-order chi connectivity index (χ0) is 22.2. The number of fused-ring (bicyclic) bond motifs is 1. The van der Waals surface area contributed by atoms with E-state index in [4.69, 9.17) is 9.47 Å². The van der Waals surface area contributed by atoms with Crippen LogP contribution in [0, 0.1) is 0 Å². The van der Waals surface area contributed by atoms with Gasteiger partial charge in [-0.3, -0.25) is 4.40 Å². The minimum Gasteiger partial charge on any atom is -0.497 e. The van der Waals surface area contributed by atoms with Crippen molar-refractivity contribution < 1.29 is 9.47 Å². The van der Waals surface area contributed by atoms with E-state index in [1.807, 2.05) is 72.1 Å². The fourth-order valence-electron chi connectivity index (χ4n) is 3.04. The van der Waals surface area contributed by atoms with Crippen LogP contribution < -0.4 is 20.1 Å². The van der Waals surface area contributed by atoms with E-state index in [1.54, 1.807) is 13.3 Å². The lowest BCUT2D eigenvalue weighted by Gasteiger charge is -2.11. The van der Waals surface area contributed by atoms with E-state index in [0.717, 1.165) is 29.3 Å². The second-order valence-electron chi connectivity index (χ2n) is 6.88. The lowest BCUT2D eigenvalue weighted by molar-refractivity contribution is 0.407. The second kappa shape index (κ2) is 10.3. The number of ether oxygens (including phenoxy) is 2. The Morgan fingerprint density at radius 2 is 1.94 bits per heavy atom. The zero-order valence-corrected chi connectivity index (χ0v) is 18.0. The topological polar surface area (TPSA) is 98.0 Å². The third-order valence-electron chi connectivity index (χ3n) is 4.62. The van der Waals surface area contributed by atoms with Crippen molar-refractivity contribution >= 4 is 11.6 Å². The fourth-order valence-corrected chi connectivity index (χ4v) is 3.04. The van der Waals surface area contributed by atoms with Crippen LogP contribution in [0.1, 0.15) is 18.3 Å². The van der Waals surface area contributed by atoms with Crippen molar-refractivity contribution in [3.8, 4) is 17.4 Å². The van der Waals surface area contributed by atoms with Gasteiger partial charge in [-0.1, -0.05) is 18.2 Å². The molecule has 3 aromatic heterocycles. The van der Waals surface area contributed by atoms with Crippen molar-refractivity contribution in [1.82, 2.24) is 30.2 Å². The number of guanidine groups is 1. The number of pyridine rings is 2. The Balaban J connectivity index is 1.37. The fraction of sp³-hybridized carbons (Fsp3) is 0.217. The third-order valence-corrected chi connectivity index (χ3v) is 4.62. The summed E-state index contributed by atoms with van der Waals surface area (Å²) in [6.45, 7) is 3.75. The molecule has 0 saturated carbocycles. The van der Waals surface area contributed by atoms with Crippen LogP contribution in [0.2, 0.25) is 0 Å². The maximum atomic E-state index is 5.79. The maximum Gasteiger partial charge on any atom is 0.219 e. The maximum absolute atomic E-state index is 5.79. The summed E-state index contributed by atoms with van der Waals surface area (Å²) in [4.78, 5) is 9.02. The minimum atomic E-state index is 0.475. The normalized spacial score (nSPS) is 11.4. The van der Waals surface area contributed by atoms with Gasteiger partial charge in [0.05, 0.1) is 20.2 Å². The van der Waals surface area contributed by atoms with Gasteiger partial charge < -0.3 is 20.1 Å². The van der Waals surface area contributed by atoms with Crippen LogP contribution in [-0.2, 0) is 13.1 Å². The molecule has 0 saturated heterocycles. The van der Waals surface area contributed by atoms with Gasteiger partial charge in [-0.25, -0.2) is 9.98 Å². The highest BCUT2D eigenvalue weighted by Crippen LogP contribution is 2.23. The number of aliphatic imine (C=N–C) groups is 1. The number of benzene rings is 1. The second-order valence-corrected chi connectivity index (χ2v) is 6.88. The summed E-state index contributed by atoms with van der Waals surface area (Å²) in [6, 6.07) is 17.0. The molecule has 2 N–H and O–H groups in total. The molecule has 9 nitrogen and oxygen atoms in total. The van der Waals surface area contributed by atoms with Crippen molar-refractivity contribution in [2.75, 3.05) is 13.7 Å². The van der Waals surface area contributed by atoms with E-state index < -0.39 is 0 Å². The molecule has 4 rings (SSSR count). The number of nitrogens with zero attached hydrogens (tertiary/aromatic N) is 5. The SMILES string of the molecule is CCNC(=NCc1ccc(Oc2cccc(OC)c2)nc1)NCc1nnc2ccccn12. The summed E-state index contributed by atoms with van der Waals surface area (Å²) in [6.07, 6.45) is 3.70. The molecule has 0 spiro atoms. The number of rotatable bonds is 8. The Hall–Kier alpha value is -4.14. The molecule has 0 aliphatic heterocycles. The number of aromatic nitrogens is 4. The molecule has 0 bridgehead atoms. The quantitative estimate of drug-likeness (QED) is 0.327. The molecule has 0 atom stereocenters. The summed E-state index contributed by atoms with van der Waals surface area (Å²) in [7, 11) is 1.62. The molecule has 0 radical (unpaired) electrons. The Bertz CT molecular complexity index is 1190. The van der Waals surface area contributed by atoms with Gasteiger partial charge in [0, 0.05) is 31.1 Å². The van der Waals surface area contributed by atoms with E-state index in [0.29, 0.717) is 30.7 Å². The van der Waals surface area contributed by atoms with Crippen LogP contribution in [0.15, 0.2) is 72.0 Å². The first-order valence-electron chi connectivity index (χ1n) is 10.3. The number of methoxy groups -OCH3 is 1. The zero-order valence-electron chi connectivity index (χ0n) is 18.0. The van der Waals surface area contributed by atoms with Gasteiger partial charge in [-0.15, -0.1) is 10.2 Å². The Kier molecular flexibility index (Phi) is 6.76. The highest BCUT2D eigenvalue weighted by molar-refractivity contribution is 5.79. The monoisotopic (exact) mass is 431 g/mol. The summed E-state index contributed by atoms with van der Waals surface area (Å²) in [5.74, 6) is 3.41. The van der Waals surface area contributed by atoms with Crippen molar-refractivity contribution in [3.05, 3.63) is 78.4 Å². The van der Waals surface area contributed by atoms with E-state index in [1.165, 1.54) is 0 Å². The molecule has 9 heteroatoms. The number of nitrogens with one attached hydrogen (secondary N) is 2. The smallest absolute Gasteiger partial charge is 0.219 e. The number of hydrogen-bond acceptors (Lipinski definition) is 6. The average molecular weight is 432 g/mol. The average Bonchev–Trinajstić information content (AvgIpc) is 3.25. The van der Waals surface area contributed by atoms with E-state index in [-0.39, 0.29) is 0 Å². The minimum absolute atomic E-state index is 0.475. The predicted octanol–water partition coefficient (Wildman–Crippen LogP) is 3.18. The van der Waals surface area contributed by atoms with Gasteiger partial charge in [0.1, 0.15) is 11.5 Å². The van der Waals surface area contributed by atoms with E-state index in [2.05, 4.69) is 30.8 Å². The highest BCUT2D eigenvalue weighted by Gasteiger charge is 2.06. The molecule has 3 heterocycles. The summed E-state index contributed by atoms with van der Waals surface area (Å²) in [5, 5.41) is 14.9. The molecular weight excluding hydrogens is 406 g/mol. The summed E-state index contributed by atoms with van der Waals surface area (Å²) in [5.41, 5.74) is 1.78. The van der Waals surface area contributed by atoms with Gasteiger partial charge >= 0.3 is 0 Å². The molecular formula is C23H25N7O2. The molecule has 4 aromatic rings. The molecule has 0 aliphatic rings. The predicted molar refractivity (Wildman–Crippen MR) is 122 cm³/mol. The van der Waals surface area contributed by atoms with Crippen molar-refractivity contribution in [2.24, 2.45) is 4.99 Å². The Morgan fingerprint density at radius 1 is 1.03 bits per heavy atom. The van der Waals surface area contributed by atoms with Crippen molar-refractivity contribution in [1.29, 1.82) is 0 Å². The van der Waals surface area contributed by atoms with E-state index >= 15 is 0 Å². The lowest BCUT2D eigenvalue weighted by atomic mass is 10.3. The largest absolute Gasteiger partial charge is 0.497 e. The van der Waals surface area contributed by atoms with Crippen LogP contribution in [0.4, 0.5) is 0 Å². The van der Waals surface area contributed by atoms with E-state index in [9.17, 15) is 0 Å². The Labute approximate surface area is 186 Å². The molecule has 164 valence electrons. The van der Waals surface area contributed by atoms with Gasteiger partial charge in [0.2, 0.25) is 5.88 Å². The molecule has 0 fully saturated rings. The van der Waals surface area contributed by atoms with Gasteiger partial charge in [0.15, 0.2) is 17.4 Å². The van der Waals surface area contributed by atoms with Crippen LogP contribution in [-0.4, -0.2) is 39.2 Å². The van der Waals surface area contributed by atoms with Crippen LogP contribution >= 0.6 is 0 Å². The first-order chi connectivity index (χ1) is 15.7. The summed E-state index contributed by atoms with van der Waals surface area (Å²) < 4.78 is 12.9. The van der Waals surface area contributed by atoms with Crippen LogP contribution in [0.5, 0.6) is 17.4 Å². The molecule has 0 amide bonds. The van der Waals surface area contributed by atoms with Crippen molar-refractivity contribution in [3.63, 3.8) is 0 Å².